The molecule has 1 aromatic rings. The molecule has 2 fully saturated rings. The third-order valence-electron chi connectivity index (χ3n) is 5.26. The summed E-state index contributed by atoms with van der Waals surface area (Å²) < 4.78 is 1.11. The number of amidine groups is 1. The average Bonchev–Trinajstić information content (AvgIpc) is 2.97. The molecule has 3 rings (SSSR count). The van der Waals surface area contributed by atoms with E-state index in [-0.39, 0.29) is 24.3 Å². The molecule has 0 aromatic heterocycles. The van der Waals surface area contributed by atoms with Crippen molar-refractivity contribution in [1.29, 1.82) is 0 Å². The maximum Gasteiger partial charge on any atom is 0.242 e. The number of anilines is 1. The number of carbonyl (C=O) groups excluding carboxylic acids is 2. The van der Waals surface area contributed by atoms with Crippen molar-refractivity contribution in [3.8, 4) is 0 Å². The first kappa shape index (κ1) is 22.3. The van der Waals surface area contributed by atoms with Crippen molar-refractivity contribution >= 4 is 57.0 Å². The molecule has 1 atom stereocenters. The zero-order chi connectivity index (χ0) is 20.6. The normalized spacial score (nSPS) is 22.4. The number of nitrogens with zero attached hydrogens (tertiary/aromatic N) is 2. The van der Waals surface area contributed by atoms with Crippen LogP contribution in [-0.2, 0) is 9.59 Å². The molecule has 0 radical (unpaired) electrons. The van der Waals surface area contributed by atoms with E-state index in [4.69, 9.17) is 0 Å². The number of amides is 2. The summed E-state index contributed by atoms with van der Waals surface area (Å²) >= 11 is 3.66. The van der Waals surface area contributed by atoms with Crippen molar-refractivity contribution in [1.82, 2.24) is 4.90 Å². The van der Waals surface area contributed by atoms with E-state index in [1.807, 2.05) is 29.2 Å². The van der Waals surface area contributed by atoms with Crippen LogP contribution in [0.1, 0.15) is 51.4 Å². The van der Waals surface area contributed by atoms with Gasteiger partial charge in [-0.3, -0.25) is 19.5 Å². The lowest BCUT2D eigenvalue weighted by molar-refractivity contribution is -0.129. The summed E-state index contributed by atoms with van der Waals surface area (Å²) in [4.78, 5) is 32.3. The van der Waals surface area contributed by atoms with Gasteiger partial charge in [-0.25, -0.2) is 0 Å². The molecule has 1 saturated carbocycles. The lowest BCUT2D eigenvalue weighted by Crippen LogP contribution is -2.42. The van der Waals surface area contributed by atoms with Crippen LogP contribution in [0.5, 0.6) is 0 Å². The summed E-state index contributed by atoms with van der Waals surface area (Å²) in [6.07, 6.45) is 9.96. The largest absolute Gasteiger partial charge is 0.326 e. The number of benzene rings is 1. The van der Waals surface area contributed by atoms with E-state index in [0.29, 0.717) is 6.54 Å². The highest BCUT2D eigenvalue weighted by Gasteiger charge is 2.42. The van der Waals surface area contributed by atoms with Gasteiger partial charge in [0.05, 0.1) is 6.54 Å². The van der Waals surface area contributed by atoms with Crippen LogP contribution < -0.4 is 5.32 Å². The van der Waals surface area contributed by atoms with Gasteiger partial charge >= 0.3 is 0 Å². The Balaban J connectivity index is 1.69. The molecule has 5 nitrogen and oxygen atoms in total. The van der Waals surface area contributed by atoms with Crippen molar-refractivity contribution in [3.05, 3.63) is 40.5 Å². The van der Waals surface area contributed by atoms with E-state index in [2.05, 4.69) is 39.5 Å². The van der Waals surface area contributed by atoms with Gasteiger partial charge in [0.1, 0.15) is 5.25 Å². The number of hydrogen-bond donors (Lipinski definition) is 1. The molecule has 0 bridgehead atoms. The molecule has 1 aromatic carbocycles. The maximum atomic E-state index is 13.2. The highest BCUT2D eigenvalue weighted by atomic mass is 127. The molecule has 1 aliphatic heterocycles. The van der Waals surface area contributed by atoms with E-state index in [0.717, 1.165) is 40.1 Å². The molecule has 156 valence electrons. The molecule has 7 heteroatoms. The Morgan fingerprint density at radius 3 is 2.52 bits per heavy atom. The molecular weight excluding hydrogens is 497 g/mol. The van der Waals surface area contributed by atoms with Gasteiger partial charge in [-0.05, 0) is 59.7 Å². The average molecular weight is 525 g/mol. The minimum absolute atomic E-state index is 0.0288. The Hall–Kier alpha value is -1.35. The lowest BCUT2D eigenvalue weighted by Gasteiger charge is -2.29. The van der Waals surface area contributed by atoms with Gasteiger partial charge in [0.2, 0.25) is 11.8 Å². The summed E-state index contributed by atoms with van der Waals surface area (Å²) in [6, 6.07) is 7.84. The van der Waals surface area contributed by atoms with E-state index in [9.17, 15) is 9.59 Å². The number of carbonyl (C=O) groups is 2. The number of aliphatic imine (C=N–C) groups is 1. The molecule has 1 N–H and O–H groups in total. The van der Waals surface area contributed by atoms with Crippen LogP contribution in [0.15, 0.2) is 41.9 Å². The second-order valence-electron chi connectivity index (χ2n) is 7.48. The smallest absolute Gasteiger partial charge is 0.242 e. The summed E-state index contributed by atoms with van der Waals surface area (Å²) in [5.74, 6) is -0.110. The molecule has 1 heterocycles. The molecular formula is C22H28IN3O2S. The van der Waals surface area contributed by atoms with Crippen LogP contribution >= 0.6 is 34.4 Å². The van der Waals surface area contributed by atoms with E-state index in [1.54, 1.807) is 6.08 Å². The van der Waals surface area contributed by atoms with E-state index >= 15 is 0 Å². The minimum Gasteiger partial charge on any atom is -0.326 e. The summed E-state index contributed by atoms with van der Waals surface area (Å²) in [5, 5.41) is 3.25. The molecule has 1 aliphatic carbocycles. The van der Waals surface area contributed by atoms with Crippen LogP contribution in [0.3, 0.4) is 0 Å². The fourth-order valence-electron chi connectivity index (χ4n) is 3.81. The third kappa shape index (κ3) is 6.31. The molecule has 29 heavy (non-hydrogen) atoms. The monoisotopic (exact) mass is 525 g/mol. The summed E-state index contributed by atoms with van der Waals surface area (Å²) in [7, 11) is 0. The summed E-state index contributed by atoms with van der Waals surface area (Å²) in [6.45, 7) is 4.23. The van der Waals surface area contributed by atoms with Gasteiger partial charge in [0.15, 0.2) is 5.17 Å². The summed E-state index contributed by atoms with van der Waals surface area (Å²) in [5.41, 5.74) is 0.753. The molecule has 2 aliphatic rings. The van der Waals surface area contributed by atoms with Crippen molar-refractivity contribution in [2.24, 2.45) is 4.99 Å². The second-order valence-corrected chi connectivity index (χ2v) is 9.90. The zero-order valence-corrected chi connectivity index (χ0v) is 19.6. The van der Waals surface area contributed by atoms with Gasteiger partial charge in [0.25, 0.3) is 0 Å². The first-order valence-electron chi connectivity index (χ1n) is 10.3. The number of halogens is 1. The highest BCUT2D eigenvalue weighted by Crippen LogP contribution is 2.35. The predicted molar refractivity (Wildman–Crippen MR) is 129 cm³/mol. The predicted octanol–water partition coefficient (Wildman–Crippen LogP) is 5.22. The van der Waals surface area contributed by atoms with Gasteiger partial charge < -0.3 is 5.32 Å². The van der Waals surface area contributed by atoms with Crippen molar-refractivity contribution in [2.75, 3.05) is 11.9 Å². The Kier molecular flexibility index (Phi) is 8.59. The van der Waals surface area contributed by atoms with Gasteiger partial charge in [-0.15, -0.1) is 6.58 Å². The first-order valence-corrected chi connectivity index (χ1v) is 12.2. The molecule has 0 spiro atoms. The SMILES string of the molecule is C=CCN=C1S[C@@H](CC(=O)Nc2ccc(I)cc2)C(=O)N1C1CCCCCCC1. The molecule has 1 saturated heterocycles. The van der Waals surface area contributed by atoms with Crippen molar-refractivity contribution in [2.45, 2.75) is 62.7 Å². The Bertz CT molecular complexity index is 758. The van der Waals surface area contributed by atoms with E-state index in [1.165, 1.54) is 31.0 Å². The van der Waals surface area contributed by atoms with Crippen LogP contribution in [-0.4, -0.2) is 39.7 Å². The number of hydrogen-bond acceptors (Lipinski definition) is 4. The quantitative estimate of drug-likeness (QED) is 0.410. The van der Waals surface area contributed by atoms with Crippen LogP contribution in [0, 0.1) is 3.57 Å². The van der Waals surface area contributed by atoms with Crippen molar-refractivity contribution in [3.63, 3.8) is 0 Å². The minimum atomic E-state index is -0.409. The van der Waals surface area contributed by atoms with Crippen molar-refractivity contribution < 1.29 is 9.59 Å². The van der Waals surface area contributed by atoms with Crippen LogP contribution in [0.2, 0.25) is 0 Å². The second kappa shape index (κ2) is 11.2. The third-order valence-corrected chi connectivity index (χ3v) is 7.17. The molecule has 0 unspecified atom stereocenters. The van der Waals surface area contributed by atoms with Gasteiger partial charge in [-0.2, -0.15) is 0 Å². The Morgan fingerprint density at radius 1 is 1.21 bits per heavy atom. The first-order chi connectivity index (χ1) is 14.1. The topological polar surface area (TPSA) is 61.8 Å². The fraction of sp³-hybridized carbons (Fsp3) is 0.500. The Labute approximate surface area is 190 Å². The lowest BCUT2D eigenvalue weighted by atomic mass is 9.95. The standard InChI is InChI=1S/C22H28IN3O2S/c1-2-14-24-22-26(18-8-6-4-3-5-7-9-18)21(28)19(29-22)15-20(27)25-17-12-10-16(23)11-13-17/h2,10-13,18-19H,1,3-9,14-15H2,(H,25,27)/t19-/m0/s1. The zero-order valence-electron chi connectivity index (χ0n) is 16.6. The fourth-order valence-corrected chi connectivity index (χ4v) is 5.38. The number of rotatable bonds is 6. The molecule has 2 amide bonds. The van der Waals surface area contributed by atoms with E-state index < -0.39 is 5.25 Å². The number of nitrogens with one attached hydrogen (secondary N) is 1. The maximum absolute atomic E-state index is 13.2. The van der Waals surface area contributed by atoms with Gasteiger partial charge in [-0.1, -0.05) is 49.9 Å². The number of thioether (sulfide) groups is 1. The van der Waals surface area contributed by atoms with Gasteiger partial charge in [0, 0.05) is 21.7 Å². The highest BCUT2D eigenvalue weighted by molar-refractivity contribution is 14.1. The Morgan fingerprint density at radius 2 is 1.86 bits per heavy atom. The van der Waals surface area contributed by atoms with Crippen LogP contribution in [0.25, 0.3) is 0 Å². The van der Waals surface area contributed by atoms with Crippen LogP contribution in [0.4, 0.5) is 5.69 Å².